The molecule has 0 spiro atoms. The summed E-state index contributed by atoms with van der Waals surface area (Å²) < 4.78 is 5.56. The Morgan fingerprint density at radius 1 is 1.38 bits per heavy atom. The molecule has 0 bridgehead atoms. The molecule has 0 radical (unpaired) electrons. The Hall–Kier alpha value is -0.810. The molecule has 0 aromatic carbocycles. The molecule has 124 valence electrons. The lowest BCUT2D eigenvalue weighted by Gasteiger charge is -2.32. The average molecular weight is 299 g/mol. The number of carbonyl (C=O) groups is 1. The molecule has 0 aromatic rings. The summed E-state index contributed by atoms with van der Waals surface area (Å²) in [6, 6.07) is 0.106. The SMILES string of the molecule is CN(C)CC[C@H](NC(=O)NCC[C@@H]1CCCO1)C(C)(C)C. The molecule has 1 aliphatic heterocycles. The first kappa shape index (κ1) is 18.2. The second kappa shape index (κ2) is 8.59. The lowest BCUT2D eigenvalue weighted by Crippen LogP contribution is -2.49. The van der Waals surface area contributed by atoms with Gasteiger partial charge in [0.05, 0.1) is 6.10 Å². The lowest BCUT2D eigenvalue weighted by molar-refractivity contribution is 0.104. The van der Waals surface area contributed by atoms with Crippen molar-refractivity contribution in [1.29, 1.82) is 0 Å². The highest BCUT2D eigenvalue weighted by Gasteiger charge is 2.26. The molecule has 1 saturated heterocycles. The monoisotopic (exact) mass is 299 g/mol. The minimum Gasteiger partial charge on any atom is -0.378 e. The van der Waals surface area contributed by atoms with Crippen molar-refractivity contribution >= 4 is 6.03 Å². The van der Waals surface area contributed by atoms with Gasteiger partial charge in [-0.15, -0.1) is 0 Å². The molecule has 2 atom stereocenters. The largest absolute Gasteiger partial charge is 0.378 e. The third kappa shape index (κ3) is 7.67. The fourth-order valence-corrected chi connectivity index (χ4v) is 2.54. The van der Waals surface area contributed by atoms with Crippen molar-refractivity contribution in [3.63, 3.8) is 0 Å². The first-order valence-electron chi connectivity index (χ1n) is 8.09. The van der Waals surface area contributed by atoms with Crippen molar-refractivity contribution in [3.8, 4) is 0 Å². The van der Waals surface area contributed by atoms with Gasteiger partial charge in [-0.25, -0.2) is 4.79 Å². The molecule has 1 aliphatic rings. The summed E-state index contributed by atoms with van der Waals surface area (Å²) >= 11 is 0. The fourth-order valence-electron chi connectivity index (χ4n) is 2.54. The van der Waals surface area contributed by atoms with Crippen LogP contribution in [0.15, 0.2) is 0 Å². The fraction of sp³-hybridized carbons (Fsp3) is 0.938. The van der Waals surface area contributed by atoms with Crippen LogP contribution in [0.3, 0.4) is 0 Å². The van der Waals surface area contributed by atoms with E-state index in [2.05, 4.69) is 50.4 Å². The summed E-state index contributed by atoms with van der Waals surface area (Å²) in [5.41, 5.74) is 0.0575. The highest BCUT2D eigenvalue weighted by Crippen LogP contribution is 2.22. The van der Waals surface area contributed by atoms with Crippen LogP contribution in [-0.4, -0.2) is 56.9 Å². The number of amides is 2. The molecular weight excluding hydrogens is 266 g/mol. The molecule has 21 heavy (non-hydrogen) atoms. The Morgan fingerprint density at radius 3 is 2.62 bits per heavy atom. The van der Waals surface area contributed by atoms with Crippen molar-refractivity contribution in [1.82, 2.24) is 15.5 Å². The van der Waals surface area contributed by atoms with Gasteiger partial charge in [-0.3, -0.25) is 0 Å². The molecule has 5 heteroatoms. The maximum absolute atomic E-state index is 12.0. The van der Waals surface area contributed by atoms with E-state index in [-0.39, 0.29) is 17.5 Å². The number of nitrogens with zero attached hydrogens (tertiary/aromatic N) is 1. The average Bonchev–Trinajstić information content (AvgIpc) is 2.85. The van der Waals surface area contributed by atoms with Crippen LogP contribution < -0.4 is 10.6 Å². The molecule has 2 amide bonds. The van der Waals surface area contributed by atoms with Gasteiger partial charge in [0.1, 0.15) is 0 Å². The van der Waals surface area contributed by atoms with Gasteiger partial charge in [0.15, 0.2) is 0 Å². The molecule has 1 fully saturated rings. The van der Waals surface area contributed by atoms with Crippen LogP contribution in [0, 0.1) is 5.41 Å². The zero-order valence-corrected chi connectivity index (χ0v) is 14.4. The number of carbonyl (C=O) groups excluding carboxylic acids is 1. The van der Waals surface area contributed by atoms with E-state index in [4.69, 9.17) is 4.74 Å². The van der Waals surface area contributed by atoms with Gasteiger partial charge in [-0.05, 0) is 51.7 Å². The van der Waals surface area contributed by atoms with Gasteiger partial charge in [-0.1, -0.05) is 20.8 Å². The molecule has 5 nitrogen and oxygen atoms in total. The van der Waals surface area contributed by atoms with E-state index in [0.29, 0.717) is 12.6 Å². The Balaban J connectivity index is 2.29. The van der Waals surface area contributed by atoms with Gasteiger partial charge in [0, 0.05) is 19.2 Å². The standard InChI is InChI=1S/C16H33N3O2/c1-16(2,3)14(9-11-19(4)5)18-15(20)17-10-8-13-7-6-12-21-13/h13-14H,6-12H2,1-5H3,(H2,17,18,20)/t13-,14-/m0/s1. The molecule has 0 unspecified atom stereocenters. The summed E-state index contributed by atoms with van der Waals surface area (Å²) in [6.07, 6.45) is 4.46. The van der Waals surface area contributed by atoms with Crippen LogP contribution in [0.4, 0.5) is 4.79 Å². The highest BCUT2D eigenvalue weighted by atomic mass is 16.5. The van der Waals surface area contributed by atoms with Crippen LogP contribution >= 0.6 is 0 Å². The maximum atomic E-state index is 12.0. The molecule has 0 saturated carbocycles. The van der Waals surface area contributed by atoms with Gasteiger partial charge >= 0.3 is 6.03 Å². The van der Waals surface area contributed by atoms with Crippen LogP contribution in [0.2, 0.25) is 0 Å². The van der Waals surface area contributed by atoms with E-state index in [0.717, 1.165) is 38.8 Å². The van der Waals surface area contributed by atoms with Crippen molar-refractivity contribution < 1.29 is 9.53 Å². The molecule has 2 N–H and O–H groups in total. The van der Waals surface area contributed by atoms with E-state index in [9.17, 15) is 4.79 Å². The van der Waals surface area contributed by atoms with Gasteiger partial charge < -0.3 is 20.3 Å². The lowest BCUT2D eigenvalue weighted by atomic mass is 9.85. The number of nitrogens with one attached hydrogen (secondary N) is 2. The van der Waals surface area contributed by atoms with Crippen molar-refractivity contribution in [2.24, 2.45) is 5.41 Å². The Labute approximate surface area is 129 Å². The van der Waals surface area contributed by atoms with Gasteiger partial charge in [-0.2, -0.15) is 0 Å². The third-order valence-electron chi connectivity index (χ3n) is 3.99. The highest BCUT2D eigenvalue weighted by molar-refractivity contribution is 5.74. The molecule has 1 rings (SSSR count). The number of hydrogen-bond acceptors (Lipinski definition) is 3. The number of hydrogen-bond donors (Lipinski definition) is 2. The zero-order valence-electron chi connectivity index (χ0n) is 14.4. The van der Waals surface area contributed by atoms with Gasteiger partial charge in [0.25, 0.3) is 0 Å². The molecule has 1 heterocycles. The molecule has 0 aliphatic carbocycles. The summed E-state index contributed by atoms with van der Waals surface area (Å²) in [6.45, 7) is 9.02. The van der Waals surface area contributed by atoms with Crippen LogP contribution in [0.25, 0.3) is 0 Å². The van der Waals surface area contributed by atoms with E-state index in [1.807, 2.05) is 0 Å². The number of rotatable bonds is 7. The van der Waals surface area contributed by atoms with Crippen molar-refractivity contribution in [3.05, 3.63) is 0 Å². The second-order valence-electron chi connectivity index (χ2n) is 7.33. The zero-order chi connectivity index (χ0) is 15.9. The number of urea groups is 1. The summed E-state index contributed by atoms with van der Waals surface area (Å²) in [5, 5.41) is 6.08. The predicted octanol–water partition coefficient (Wildman–Crippen LogP) is 2.22. The number of ether oxygens (including phenoxy) is 1. The van der Waals surface area contributed by atoms with Crippen molar-refractivity contribution in [2.75, 3.05) is 33.8 Å². The molecule has 0 aromatic heterocycles. The Morgan fingerprint density at radius 2 is 2.10 bits per heavy atom. The van der Waals surface area contributed by atoms with Crippen LogP contribution in [-0.2, 0) is 4.74 Å². The Kier molecular flexibility index (Phi) is 7.46. The minimum absolute atomic E-state index is 0.0575. The van der Waals surface area contributed by atoms with Crippen LogP contribution in [0.1, 0.15) is 46.5 Å². The summed E-state index contributed by atoms with van der Waals surface area (Å²) in [5.74, 6) is 0. The van der Waals surface area contributed by atoms with Crippen LogP contribution in [0.5, 0.6) is 0 Å². The predicted molar refractivity (Wildman–Crippen MR) is 86.5 cm³/mol. The van der Waals surface area contributed by atoms with Crippen molar-refractivity contribution in [2.45, 2.75) is 58.6 Å². The summed E-state index contributed by atoms with van der Waals surface area (Å²) in [4.78, 5) is 14.2. The topological polar surface area (TPSA) is 53.6 Å². The normalized spacial score (nSPS) is 20.6. The minimum atomic E-state index is -0.0633. The first-order chi connectivity index (χ1) is 9.79. The van der Waals surface area contributed by atoms with E-state index in [1.165, 1.54) is 0 Å². The second-order valence-corrected chi connectivity index (χ2v) is 7.33. The van der Waals surface area contributed by atoms with Gasteiger partial charge in [0.2, 0.25) is 0 Å². The maximum Gasteiger partial charge on any atom is 0.315 e. The third-order valence-corrected chi connectivity index (χ3v) is 3.99. The first-order valence-corrected chi connectivity index (χ1v) is 8.09. The Bertz CT molecular complexity index is 307. The summed E-state index contributed by atoms with van der Waals surface area (Å²) in [7, 11) is 4.11. The van der Waals surface area contributed by atoms with E-state index >= 15 is 0 Å². The smallest absolute Gasteiger partial charge is 0.315 e. The van der Waals surface area contributed by atoms with E-state index < -0.39 is 0 Å². The quantitative estimate of drug-likeness (QED) is 0.758. The molecular formula is C16H33N3O2. The van der Waals surface area contributed by atoms with E-state index in [1.54, 1.807) is 0 Å².